The monoisotopic (exact) mass is 308 g/mol. The van der Waals surface area contributed by atoms with E-state index in [0.717, 1.165) is 28.9 Å². The van der Waals surface area contributed by atoms with Gasteiger partial charge < -0.3 is 9.72 Å². The summed E-state index contributed by atoms with van der Waals surface area (Å²) < 4.78 is 5.71. The Kier molecular flexibility index (Phi) is 4.15. The third-order valence-corrected chi connectivity index (χ3v) is 3.83. The van der Waals surface area contributed by atoms with E-state index in [1.165, 1.54) is 0 Å². The van der Waals surface area contributed by atoms with Crippen molar-refractivity contribution < 1.29 is 4.74 Å². The second kappa shape index (κ2) is 6.24. The zero-order valence-corrected chi connectivity index (χ0v) is 13.6. The predicted octanol–water partition coefficient (Wildman–Crippen LogP) is 4.00. The van der Waals surface area contributed by atoms with Crippen molar-refractivity contribution in [2.45, 2.75) is 27.2 Å². The topological polar surface area (TPSA) is 55.0 Å². The van der Waals surface area contributed by atoms with E-state index in [1.54, 1.807) is 6.07 Å². The van der Waals surface area contributed by atoms with Gasteiger partial charge >= 0.3 is 0 Å². The number of aryl methyl sites for hydroxylation is 2. The van der Waals surface area contributed by atoms with Gasteiger partial charge in [-0.2, -0.15) is 0 Å². The number of aromatic amines is 1. The van der Waals surface area contributed by atoms with Crippen LogP contribution < -0.4 is 10.3 Å². The first-order chi connectivity index (χ1) is 11.1. The average molecular weight is 308 g/mol. The normalized spacial score (nSPS) is 10.9. The summed E-state index contributed by atoms with van der Waals surface area (Å²) in [7, 11) is 0. The maximum absolute atomic E-state index is 12.3. The van der Waals surface area contributed by atoms with Gasteiger partial charge in [0, 0.05) is 5.56 Å². The molecular formula is C19H20N2O2. The van der Waals surface area contributed by atoms with Crippen LogP contribution in [-0.2, 0) is 0 Å². The van der Waals surface area contributed by atoms with Gasteiger partial charge in [0.15, 0.2) is 0 Å². The Bertz CT molecular complexity index is 890. The van der Waals surface area contributed by atoms with Gasteiger partial charge in [0.05, 0.1) is 17.5 Å². The van der Waals surface area contributed by atoms with Crippen molar-refractivity contribution in [3.8, 4) is 17.1 Å². The highest BCUT2D eigenvalue weighted by Crippen LogP contribution is 2.29. The molecule has 0 spiro atoms. The number of hydrogen-bond donors (Lipinski definition) is 1. The molecule has 1 aromatic heterocycles. The van der Waals surface area contributed by atoms with Crippen LogP contribution in [0, 0.1) is 13.8 Å². The molecular weight excluding hydrogens is 288 g/mol. The standard InChI is InChI=1S/C19H20N2O2/c1-4-9-23-14-10-12(2)17(13(3)11-14)18-20-16-8-6-5-7-15(16)19(22)21-18/h5-8,10-11H,4,9H2,1-3H3,(H,20,21,22). The summed E-state index contributed by atoms with van der Waals surface area (Å²) in [5.41, 5.74) is 3.62. The van der Waals surface area contributed by atoms with Crippen LogP contribution in [0.15, 0.2) is 41.2 Å². The molecule has 2 aromatic carbocycles. The second-order valence-corrected chi connectivity index (χ2v) is 5.71. The van der Waals surface area contributed by atoms with Crippen molar-refractivity contribution in [3.63, 3.8) is 0 Å². The van der Waals surface area contributed by atoms with E-state index in [4.69, 9.17) is 4.74 Å². The molecule has 1 heterocycles. The largest absolute Gasteiger partial charge is 0.494 e. The van der Waals surface area contributed by atoms with E-state index >= 15 is 0 Å². The fraction of sp³-hybridized carbons (Fsp3) is 0.263. The highest BCUT2D eigenvalue weighted by molar-refractivity contribution is 5.80. The van der Waals surface area contributed by atoms with Crippen molar-refractivity contribution in [1.82, 2.24) is 9.97 Å². The Labute approximate surface area is 135 Å². The molecule has 0 amide bonds. The fourth-order valence-corrected chi connectivity index (χ4v) is 2.81. The molecule has 0 aliphatic rings. The number of hydrogen-bond acceptors (Lipinski definition) is 3. The highest BCUT2D eigenvalue weighted by atomic mass is 16.5. The lowest BCUT2D eigenvalue weighted by Crippen LogP contribution is -2.10. The van der Waals surface area contributed by atoms with E-state index in [2.05, 4.69) is 16.9 Å². The van der Waals surface area contributed by atoms with Gasteiger partial charge in [-0.1, -0.05) is 19.1 Å². The van der Waals surface area contributed by atoms with Gasteiger partial charge in [-0.15, -0.1) is 0 Å². The van der Waals surface area contributed by atoms with Crippen LogP contribution >= 0.6 is 0 Å². The van der Waals surface area contributed by atoms with Crippen LogP contribution in [0.1, 0.15) is 24.5 Å². The molecule has 0 saturated carbocycles. The van der Waals surface area contributed by atoms with Crippen LogP contribution in [0.2, 0.25) is 0 Å². The second-order valence-electron chi connectivity index (χ2n) is 5.71. The molecule has 0 saturated heterocycles. The molecule has 4 nitrogen and oxygen atoms in total. The quantitative estimate of drug-likeness (QED) is 0.792. The Morgan fingerprint density at radius 1 is 1.13 bits per heavy atom. The Morgan fingerprint density at radius 3 is 2.52 bits per heavy atom. The summed E-state index contributed by atoms with van der Waals surface area (Å²) in [5.74, 6) is 1.46. The lowest BCUT2D eigenvalue weighted by atomic mass is 10.0. The van der Waals surface area contributed by atoms with Crippen LogP contribution in [0.5, 0.6) is 5.75 Å². The highest BCUT2D eigenvalue weighted by Gasteiger charge is 2.12. The van der Waals surface area contributed by atoms with Crippen LogP contribution in [0.3, 0.4) is 0 Å². The summed E-state index contributed by atoms with van der Waals surface area (Å²) >= 11 is 0. The number of fused-ring (bicyclic) bond motifs is 1. The van der Waals surface area contributed by atoms with Gasteiger partial charge in [0.1, 0.15) is 11.6 Å². The third-order valence-electron chi connectivity index (χ3n) is 3.83. The van der Waals surface area contributed by atoms with Crippen molar-refractivity contribution in [3.05, 3.63) is 57.9 Å². The van der Waals surface area contributed by atoms with Crippen molar-refractivity contribution in [2.75, 3.05) is 6.61 Å². The Morgan fingerprint density at radius 2 is 1.83 bits per heavy atom. The predicted molar refractivity (Wildman–Crippen MR) is 93.1 cm³/mol. The van der Waals surface area contributed by atoms with E-state index < -0.39 is 0 Å². The molecule has 0 bridgehead atoms. The Hall–Kier alpha value is -2.62. The van der Waals surface area contributed by atoms with Crippen molar-refractivity contribution in [1.29, 1.82) is 0 Å². The lowest BCUT2D eigenvalue weighted by molar-refractivity contribution is 0.317. The first-order valence-electron chi connectivity index (χ1n) is 7.83. The van der Waals surface area contributed by atoms with E-state index in [1.807, 2.05) is 44.2 Å². The molecule has 4 heteroatoms. The number of nitrogens with one attached hydrogen (secondary N) is 1. The van der Waals surface area contributed by atoms with E-state index in [-0.39, 0.29) is 5.56 Å². The minimum atomic E-state index is -0.115. The van der Waals surface area contributed by atoms with Crippen LogP contribution in [0.4, 0.5) is 0 Å². The lowest BCUT2D eigenvalue weighted by Gasteiger charge is -2.13. The summed E-state index contributed by atoms with van der Waals surface area (Å²) in [6.45, 7) is 6.80. The molecule has 3 rings (SSSR count). The molecule has 1 N–H and O–H groups in total. The molecule has 0 unspecified atom stereocenters. The van der Waals surface area contributed by atoms with E-state index in [0.29, 0.717) is 23.3 Å². The smallest absolute Gasteiger partial charge is 0.259 e. The summed E-state index contributed by atoms with van der Waals surface area (Å²) in [5, 5.41) is 0.606. The number of benzene rings is 2. The fourth-order valence-electron chi connectivity index (χ4n) is 2.81. The molecule has 0 aliphatic heterocycles. The van der Waals surface area contributed by atoms with Gasteiger partial charge in [0.2, 0.25) is 0 Å². The zero-order chi connectivity index (χ0) is 16.4. The van der Waals surface area contributed by atoms with Gasteiger partial charge in [0.25, 0.3) is 5.56 Å². The molecule has 0 fully saturated rings. The summed E-state index contributed by atoms with van der Waals surface area (Å²) in [6.07, 6.45) is 0.972. The molecule has 0 aliphatic carbocycles. The maximum atomic E-state index is 12.3. The molecule has 3 aromatic rings. The minimum Gasteiger partial charge on any atom is -0.494 e. The zero-order valence-electron chi connectivity index (χ0n) is 13.6. The molecule has 23 heavy (non-hydrogen) atoms. The number of para-hydroxylation sites is 1. The number of rotatable bonds is 4. The van der Waals surface area contributed by atoms with Gasteiger partial charge in [-0.3, -0.25) is 4.79 Å². The van der Waals surface area contributed by atoms with Gasteiger partial charge in [-0.05, 0) is 55.7 Å². The van der Waals surface area contributed by atoms with Crippen LogP contribution in [-0.4, -0.2) is 16.6 Å². The minimum absolute atomic E-state index is 0.115. The molecule has 118 valence electrons. The summed E-state index contributed by atoms with van der Waals surface area (Å²) in [4.78, 5) is 19.8. The first-order valence-corrected chi connectivity index (χ1v) is 7.83. The average Bonchev–Trinajstić information content (AvgIpc) is 2.52. The molecule has 0 atom stereocenters. The van der Waals surface area contributed by atoms with Crippen LogP contribution in [0.25, 0.3) is 22.3 Å². The number of nitrogens with zero attached hydrogens (tertiary/aromatic N) is 1. The number of ether oxygens (including phenoxy) is 1. The molecule has 0 radical (unpaired) electrons. The van der Waals surface area contributed by atoms with E-state index in [9.17, 15) is 4.79 Å². The summed E-state index contributed by atoms with van der Waals surface area (Å²) in [6, 6.07) is 11.4. The maximum Gasteiger partial charge on any atom is 0.259 e. The Balaban J connectivity index is 2.13. The third kappa shape index (κ3) is 2.97. The SMILES string of the molecule is CCCOc1cc(C)c(-c2nc3ccccc3c(=O)[nH]2)c(C)c1. The van der Waals surface area contributed by atoms with Crippen molar-refractivity contribution >= 4 is 10.9 Å². The first kappa shape index (κ1) is 15.3. The van der Waals surface area contributed by atoms with Gasteiger partial charge in [-0.25, -0.2) is 4.98 Å². The number of H-pyrrole nitrogens is 1. The van der Waals surface area contributed by atoms with Crippen molar-refractivity contribution in [2.24, 2.45) is 0 Å². The number of aromatic nitrogens is 2.